The normalized spacial score (nSPS) is 22.0. The van der Waals surface area contributed by atoms with Gasteiger partial charge in [-0.1, -0.05) is 18.2 Å². The van der Waals surface area contributed by atoms with E-state index in [0.29, 0.717) is 41.1 Å². The number of methoxy groups -OCH3 is 1. The molecule has 1 saturated heterocycles. The van der Waals surface area contributed by atoms with Crippen LogP contribution in [-0.2, 0) is 6.42 Å². The Morgan fingerprint density at radius 2 is 2.13 bits per heavy atom. The van der Waals surface area contributed by atoms with Crippen LogP contribution in [0.1, 0.15) is 23.3 Å². The number of azo groups is 1. The summed E-state index contributed by atoms with van der Waals surface area (Å²) in [6.45, 7) is 1.14. The highest BCUT2D eigenvalue weighted by Gasteiger charge is 2.28. The van der Waals surface area contributed by atoms with E-state index in [1.54, 1.807) is 25.3 Å². The number of halogens is 1. The van der Waals surface area contributed by atoms with Gasteiger partial charge in [0.25, 0.3) is 0 Å². The summed E-state index contributed by atoms with van der Waals surface area (Å²) in [6, 6.07) is 11.2. The van der Waals surface area contributed by atoms with Crippen molar-refractivity contribution in [2.45, 2.75) is 19.0 Å². The van der Waals surface area contributed by atoms with Crippen LogP contribution in [0.5, 0.6) is 11.5 Å². The third-order valence-corrected chi connectivity index (χ3v) is 5.86. The number of furan rings is 1. The molecule has 1 aromatic heterocycles. The van der Waals surface area contributed by atoms with Gasteiger partial charge in [-0.05, 0) is 43.5 Å². The molecule has 2 atom stereocenters. The quantitative estimate of drug-likeness (QED) is 0.620. The second kappa shape index (κ2) is 7.57. The molecule has 0 bridgehead atoms. The number of nitrogens with one attached hydrogen (secondary N) is 1. The van der Waals surface area contributed by atoms with E-state index >= 15 is 0 Å². The molecule has 0 saturated carbocycles. The van der Waals surface area contributed by atoms with Crippen LogP contribution < -0.4 is 10.1 Å². The van der Waals surface area contributed by atoms with E-state index in [1.807, 2.05) is 24.3 Å². The molecule has 1 fully saturated rings. The molecule has 0 amide bonds. The van der Waals surface area contributed by atoms with Crippen LogP contribution in [0.4, 0.5) is 10.1 Å². The number of alkyl halides is 1. The van der Waals surface area contributed by atoms with Crippen molar-refractivity contribution in [1.82, 2.24) is 5.32 Å². The maximum atomic E-state index is 14.4. The Hall–Kier alpha value is -3.19. The SMILES string of the molecule is COc1ccc2c(O)c(/C=C3\N=Nc4ccccc43)oc2c1C[C@@H]1CCNC[C@H]1F. The molecule has 0 radical (unpaired) electrons. The molecule has 3 heterocycles. The van der Waals surface area contributed by atoms with E-state index in [0.717, 1.165) is 29.8 Å². The van der Waals surface area contributed by atoms with Crippen molar-refractivity contribution < 1.29 is 18.7 Å². The minimum Gasteiger partial charge on any atom is -0.504 e. The van der Waals surface area contributed by atoms with Crippen LogP contribution in [0, 0.1) is 5.92 Å². The van der Waals surface area contributed by atoms with E-state index in [2.05, 4.69) is 15.5 Å². The lowest BCUT2D eigenvalue weighted by atomic mass is 9.88. The first-order chi connectivity index (χ1) is 14.7. The van der Waals surface area contributed by atoms with Gasteiger partial charge in [0.05, 0.1) is 23.9 Å². The third-order valence-electron chi connectivity index (χ3n) is 5.86. The Balaban J connectivity index is 1.58. The number of benzene rings is 2. The van der Waals surface area contributed by atoms with Crippen molar-refractivity contribution in [3.63, 3.8) is 0 Å². The average molecular weight is 407 g/mol. The summed E-state index contributed by atoms with van der Waals surface area (Å²) in [6.07, 6.45) is 1.97. The topological polar surface area (TPSA) is 79.3 Å². The predicted octanol–water partition coefficient (Wildman–Crippen LogP) is 5.23. The van der Waals surface area contributed by atoms with Gasteiger partial charge >= 0.3 is 0 Å². The summed E-state index contributed by atoms with van der Waals surface area (Å²) in [4.78, 5) is 0. The summed E-state index contributed by atoms with van der Waals surface area (Å²) in [7, 11) is 1.58. The number of nitrogens with zero attached hydrogens (tertiary/aromatic N) is 2. The van der Waals surface area contributed by atoms with E-state index in [4.69, 9.17) is 9.15 Å². The van der Waals surface area contributed by atoms with Crippen molar-refractivity contribution in [1.29, 1.82) is 0 Å². The number of rotatable bonds is 4. The third kappa shape index (κ3) is 3.15. The summed E-state index contributed by atoms with van der Waals surface area (Å²) in [5.41, 5.74) is 3.58. The summed E-state index contributed by atoms with van der Waals surface area (Å²) >= 11 is 0. The molecule has 154 valence electrons. The van der Waals surface area contributed by atoms with Gasteiger partial charge in [0.1, 0.15) is 17.5 Å². The highest BCUT2D eigenvalue weighted by Crippen LogP contribution is 2.42. The lowest BCUT2D eigenvalue weighted by Gasteiger charge is -2.27. The largest absolute Gasteiger partial charge is 0.504 e. The highest BCUT2D eigenvalue weighted by molar-refractivity contribution is 5.95. The van der Waals surface area contributed by atoms with Crippen molar-refractivity contribution >= 4 is 28.4 Å². The van der Waals surface area contributed by atoms with Gasteiger partial charge in [-0.3, -0.25) is 0 Å². The van der Waals surface area contributed by atoms with Crippen molar-refractivity contribution in [3.05, 3.63) is 53.3 Å². The number of aromatic hydroxyl groups is 1. The van der Waals surface area contributed by atoms with Gasteiger partial charge in [-0.2, -0.15) is 0 Å². The Morgan fingerprint density at radius 1 is 1.27 bits per heavy atom. The fourth-order valence-corrected chi connectivity index (χ4v) is 4.22. The van der Waals surface area contributed by atoms with Crippen LogP contribution in [0.25, 0.3) is 22.7 Å². The molecular weight excluding hydrogens is 385 g/mol. The van der Waals surface area contributed by atoms with Crippen LogP contribution >= 0.6 is 0 Å². The van der Waals surface area contributed by atoms with Gasteiger partial charge in [0, 0.05) is 23.7 Å². The maximum absolute atomic E-state index is 14.4. The van der Waals surface area contributed by atoms with Crippen molar-refractivity contribution in [3.8, 4) is 11.5 Å². The fraction of sp³-hybridized carbons (Fsp3) is 0.304. The maximum Gasteiger partial charge on any atom is 0.172 e. The minimum absolute atomic E-state index is 0.0306. The summed E-state index contributed by atoms with van der Waals surface area (Å²) in [5, 5.41) is 22.8. The van der Waals surface area contributed by atoms with Gasteiger partial charge in [-0.25, -0.2) is 4.39 Å². The first kappa shape index (κ1) is 18.8. The average Bonchev–Trinajstić information content (AvgIpc) is 3.32. The number of ether oxygens (including phenoxy) is 1. The Labute approximate surface area is 173 Å². The zero-order chi connectivity index (χ0) is 20.7. The molecule has 6 nitrogen and oxygen atoms in total. The molecule has 30 heavy (non-hydrogen) atoms. The number of hydrogen-bond acceptors (Lipinski definition) is 6. The Bertz CT molecular complexity index is 1170. The highest BCUT2D eigenvalue weighted by atomic mass is 19.1. The molecule has 7 heteroatoms. The number of fused-ring (bicyclic) bond motifs is 2. The molecule has 0 unspecified atom stereocenters. The van der Waals surface area contributed by atoms with Crippen LogP contribution in [0.2, 0.25) is 0 Å². The molecule has 2 aromatic carbocycles. The summed E-state index contributed by atoms with van der Waals surface area (Å²) in [5.74, 6) is 0.831. The van der Waals surface area contributed by atoms with E-state index in [9.17, 15) is 9.50 Å². The van der Waals surface area contributed by atoms with Crippen molar-refractivity contribution in [2.75, 3.05) is 20.2 Å². The molecule has 2 aliphatic rings. The number of piperidine rings is 1. The second-order valence-corrected chi connectivity index (χ2v) is 7.66. The Kier molecular flexibility index (Phi) is 4.75. The summed E-state index contributed by atoms with van der Waals surface area (Å²) < 4.78 is 26.1. The lowest BCUT2D eigenvalue weighted by Crippen LogP contribution is -2.38. The first-order valence-electron chi connectivity index (χ1n) is 10.0. The van der Waals surface area contributed by atoms with Crippen molar-refractivity contribution in [2.24, 2.45) is 16.1 Å². The van der Waals surface area contributed by atoms with Gasteiger partial charge in [0.15, 0.2) is 11.5 Å². The van der Waals surface area contributed by atoms with E-state index < -0.39 is 6.17 Å². The molecule has 2 aliphatic heterocycles. The number of hydrogen-bond donors (Lipinski definition) is 2. The molecule has 3 aromatic rings. The fourth-order valence-electron chi connectivity index (χ4n) is 4.22. The molecule has 2 N–H and O–H groups in total. The van der Waals surface area contributed by atoms with Crippen LogP contribution in [0.3, 0.4) is 0 Å². The monoisotopic (exact) mass is 407 g/mol. The van der Waals surface area contributed by atoms with Crippen LogP contribution in [-0.4, -0.2) is 31.5 Å². The zero-order valence-corrected chi connectivity index (χ0v) is 16.6. The van der Waals surface area contributed by atoms with E-state index in [1.165, 1.54) is 0 Å². The standard InChI is InChI=1S/C23H22FN3O3/c1-29-20-7-6-15-22(28)21(11-19-14-4-2-3-5-18(14)26-27-19)30-23(15)16(20)10-13-8-9-25-12-17(13)24/h2-7,11,13,17,25,28H,8-10,12H2,1H3/b19-11-/t13-,17+/m0/s1. The molecular formula is C23H22FN3O3. The first-order valence-corrected chi connectivity index (χ1v) is 10.0. The molecule has 0 aliphatic carbocycles. The van der Waals surface area contributed by atoms with Crippen LogP contribution in [0.15, 0.2) is 51.0 Å². The second-order valence-electron chi connectivity index (χ2n) is 7.66. The lowest BCUT2D eigenvalue weighted by molar-refractivity contribution is 0.179. The smallest absolute Gasteiger partial charge is 0.172 e. The Morgan fingerprint density at radius 3 is 2.97 bits per heavy atom. The zero-order valence-electron chi connectivity index (χ0n) is 16.6. The van der Waals surface area contributed by atoms with Gasteiger partial charge in [-0.15, -0.1) is 10.2 Å². The van der Waals surface area contributed by atoms with Gasteiger partial charge < -0.3 is 19.6 Å². The molecule has 5 rings (SSSR count). The van der Waals surface area contributed by atoms with E-state index in [-0.39, 0.29) is 11.7 Å². The molecule has 0 spiro atoms. The minimum atomic E-state index is -0.931. The van der Waals surface area contributed by atoms with Gasteiger partial charge in [0.2, 0.25) is 0 Å². The predicted molar refractivity (Wildman–Crippen MR) is 113 cm³/mol.